The lowest BCUT2D eigenvalue weighted by atomic mass is 10.1. The molecule has 0 saturated carbocycles. The van der Waals surface area contributed by atoms with Crippen molar-refractivity contribution in [2.45, 2.75) is 18.4 Å². The fourth-order valence-corrected chi connectivity index (χ4v) is 3.38. The van der Waals surface area contributed by atoms with E-state index in [0.29, 0.717) is 16.8 Å². The number of benzene rings is 1. The van der Waals surface area contributed by atoms with E-state index in [0.717, 1.165) is 0 Å². The number of hydrogen-bond donors (Lipinski definition) is 2. The van der Waals surface area contributed by atoms with Gasteiger partial charge in [-0.2, -0.15) is 5.10 Å². The normalized spacial score (nSPS) is 12.6. The predicted octanol–water partition coefficient (Wildman–Crippen LogP) is 2.23. The second kappa shape index (κ2) is 7.43. The Balaban J connectivity index is 2.49. The molecular weight excluding hydrogens is 355 g/mol. The van der Waals surface area contributed by atoms with E-state index >= 15 is 0 Å². The average Bonchev–Trinajstić information content (AvgIpc) is 2.81. The minimum Gasteiger partial charge on any atom is -0.327 e. The molecule has 24 heavy (non-hydrogen) atoms. The highest BCUT2D eigenvalue weighted by atomic mass is 35.5. The third-order valence-electron chi connectivity index (χ3n) is 3.41. The van der Waals surface area contributed by atoms with Gasteiger partial charge in [0.25, 0.3) is 0 Å². The Kier molecular flexibility index (Phi) is 5.76. The van der Waals surface area contributed by atoms with Crippen molar-refractivity contribution in [3.8, 4) is 11.1 Å². The lowest BCUT2D eigenvalue weighted by Crippen LogP contribution is -2.18. The van der Waals surface area contributed by atoms with Crippen molar-refractivity contribution in [2.75, 3.05) is 13.6 Å². The standard InChI is InChI=1S/C15H18ClFN4O2S/c1-10-14(15(16)21(20-10)9-12(17)6-7-18)11-4-3-5-13(8-11)24(22,23)19-2/h3-6,8,19H,7,9,18H2,1-2H3. The van der Waals surface area contributed by atoms with Gasteiger partial charge in [-0.3, -0.25) is 0 Å². The molecule has 2 aromatic rings. The molecule has 0 fully saturated rings. The number of nitrogens with two attached hydrogens (primary N) is 1. The van der Waals surface area contributed by atoms with Gasteiger partial charge in [0, 0.05) is 12.1 Å². The van der Waals surface area contributed by atoms with Crippen molar-refractivity contribution >= 4 is 21.6 Å². The number of nitrogens with one attached hydrogen (secondary N) is 1. The molecule has 0 radical (unpaired) electrons. The van der Waals surface area contributed by atoms with Gasteiger partial charge >= 0.3 is 0 Å². The molecule has 0 unspecified atom stereocenters. The van der Waals surface area contributed by atoms with Gasteiger partial charge in [0.1, 0.15) is 11.0 Å². The summed E-state index contributed by atoms with van der Waals surface area (Å²) < 4.78 is 41.1. The molecule has 0 aliphatic heterocycles. The smallest absolute Gasteiger partial charge is 0.240 e. The van der Waals surface area contributed by atoms with Crippen LogP contribution in [0.2, 0.25) is 5.15 Å². The zero-order valence-electron chi connectivity index (χ0n) is 13.3. The Morgan fingerprint density at radius 2 is 2.21 bits per heavy atom. The maximum Gasteiger partial charge on any atom is 0.240 e. The van der Waals surface area contributed by atoms with Crippen LogP contribution in [0.4, 0.5) is 4.39 Å². The molecule has 0 saturated heterocycles. The van der Waals surface area contributed by atoms with Crippen LogP contribution in [-0.4, -0.2) is 31.8 Å². The number of nitrogens with zero attached hydrogens (tertiary/aromatic N) is 2. The van der Waals surface area contributed by atoms with Crippen molar-refractivity contribution in [3.05, 3.63) is 47.0 Å². The summed E-state index contributed by atoms with van der Waals surface area (Å²) in [6.07, 6.45) is 1.24. The monoisotopic (exact) mass is 372 g/mol. The highest BCUT2D eigenvalue weighted by molar-refractivity contribution is 7.89. The minimum atomic E-state index is -3.58. The Morgan fingerprint density at radius 1 is 1.50 bits per heavy atom. The summed E-state index contributed by atoms with van der Waals surface area (Å²) in [4.78, 5) is 0.111. The molecule has 6 nitrogen and oxygen atoms in total. The number of sulfonamides is 1. The van der Waals surface area contributed by atoms with E-state index in [1.54, 1.807) is 19.1 Å². The highest BCUT2D eigenvalue weighted by Crippen LogP contribution is 2.32. The van der Waals surface area contributed by atoms with Gasteiger partial charge < -0.3 is 5.73 Å². The number of aryl methyl sites for hydroxylation is 1. The molecule has 3 N–H and O–H groups in total. The van der Waals surface area contributed by atoms with E-state index in [1.807, 2.05) is 0 Å². The van der Waals surface area contributed by atoms with E-state index in [1.165, 1.54) is 29.9 Å². The van der Waals surface area contributed by atoms with Gasteiger partial charge in [-0.1, -0.05) is 23.7 Å². The number of rotatable bonds is 6. The second-order valence-electron chi connectivity index (χ2n) is 5.03. The van der Waals surface area contributed by atoms with E-state index in [9.17, 15) is 12.8 Å². The first kappa shape index (κ1) is 18.6. The average molecular weight is 373 g/mol. The zero-order chi connectivity index (χ0) is 17.9. The van der Waals surface area contributed by atoms with Crippen molar-refractivity contribution in [1.29, 1.82) is 0 Å². The second-order valence-corrected chi connectivity index (χ2v) is 7.28. The maximum absolute atomic E-state index is 13.7. The fourth-order valence-electron chi connectivity index (χ4n) is 2.26. The molecule has 0 bridgehead atoms. The Labute approximate surface area is 145 Å². The van der Waals surface area contributed by atoms with Crippen LogP contribution in [0.25, 0.3) is 11.1 Å². The van der Waals surface area contributed by atoms with E-state index in [4.69, 9.17) is 17.3 Å². The van der Waals surface area contributed by atoms with Crippen LogP contribution < -0.4 is 10.5 Å². The third-order valence-corrected chi connectivity index (χ3v) is 5.20. The summed E-state index contributed by atoms with van der Waals surface area (Å²) >= 11 is 6.32. The predicted molar refractivity (Wildman–Crippen MR) is 91.9 cm³/mol. The SMILES string of the molecule is CNS(=O)(=O)c1cccc(-c2c(C)nn(CC(F)=CCN)c2Cl)c1. The Morgan fingerprint density at radius 3 is 2.83 bits per heavy atom. The summed E-state index contributed by atoms with van der Waals surface area (Å²) in [6, 6.07) is 6.31. The molecule has 1 heterocycles. The van der Waals surface area contributed by atoms with E-state index < -0.39 is 15.9 Å². The molecular formula is C15H18ClFN4O2S. The molecule has 9 heteroatoms. The van der Waals surface area contributed by atoms with E-state index in [-0.39, 0.29) is 23.1 Å². The summed E-state index contributed by atoms with van der Waals surface area (Å²) in [5.74, 6) is -0.444. The van der Waals surface area contributed by atoms with Crippen LogP contribution in [0.5, 0.6) is 0 Å². The number of allylic oxidation sites excluding steroid dienone is 1. The summed E-state index contributed by atoms with van der Waals surface area (Å²) in [7, 11) is -2.24. The molecule has 0 amide bonds. The fraction of sp³-hybridized carbons (Fsp3) is 0.267. The van der Waals surface area contributed by atoms with Crippen LogP contribution in [-0.2, 0) is 16.6 Å². The Bertz CT molecular complexity index is 878. The first-order valence-corrected chi connectivity index (χ1v) is 8.97. The van der Waals surface area contributed by atoms with Crippen LogP contribution in [0.1, 0.15) is 5.69 Å². The van der Waals surface area contributed by atoms with Crippen LogP contribution in [0.15, 0.2) is 41.1 Å². The van der Waals surface area contributed by atoms with Crippen LogP contribution >= 0.6 is 11.6 Å². The van der Waals surface area contributed by atoms with Crippen LogP contribution in [0.3, 0.4) is 0 Å². The quantitative estimate of drug-likeness (QED) is 0.813. The van der Waals surface area contributed by atoms with Crippen molar-refractivity contribution < 1.29 is 12.8 Å². The maximum atomic E-state index is 13.7. The number of hydrogen-bond acceptors (Lipinski definition) is 4. The van der Waals surface area contributed by atoms with Gasteiger partial charge in [0.15, 0.2) is 0 Å². The minimum absolute atomic E-state index is 0.0838. The van der Waals surface area contributed by atoms with Gasteiger partial charge in [-0.05, 0) is 37.7 Å². The molecule has 0 aliphatic carbocycles. The topological polar surface area (TPSA) is 90.0 Å². The summed E-state index contributed by atoms with van der Waals surface area (Å²) in [5.41, 5.74) is 6.99. The van der Waals surface area contributed by atoms with Crippen LogP contribution in [0, 0.1) is 6.92 Å². The Hall–Kier alpha value is -1.74. The molecule has 0 atom stereocenters. The largest absolute Gasteiger partial charge is 0.327 e. The summed E-state index contributed by atoms with van der Waals surface area (Å²) in [6.45, 7) is 1.67. The number of aromatic nitrogens is 2. The highest BCUT2D eigenvalue weighted by Gasteiger charge is 2.18. The molecule has 130 valence electrons. The molecule has 1 aromatic carbocycles. The molecule has 2 rings (SSSR count). The van der Waals surface area contributed by atoms with Gasteiger partial charge in [-0.15, -0.1) is 0 Å². The molecule has 1 aromatic heterocycles. The summed E-state index contributed by atoms with van der Waals surface area (Å²) in [5, 5.41) is 4.45. The molecule has 0 aliphatic rings. The van der Waals surface area contributed by atoms with E-state index in [2.05, 4.69) is 9.82 Å². The van der Waals surface area contributed by atoms with Crippen molar-refractivity contribution in [1.82, 2.24) is 14.5 Å². The van der Waals surface area contributed by atoms with Gasteiger partial charge in [0.05, 0.1) is 17.1 Å². The molecule has 0 spiro atoms. The third kappa shape index (κ3) is 3.84. The van der Waals surface area contributed by atoms with Gasteiger partial charge in [0.2, 0.25) is 10.0 Å². The lowest BCUT2D eigenvalue weighted by molar-refractivity contribution is 0.524. The van der Waals surface area contributed by atoms with Crippen molar-refractivity contribution in [3.63, 3.8) is 0 Å². The van der Waals surface area contributed by atoms with Gasteiger partial charge in [-0.25, -0.2) is 22.2 Å². The number of halogens is 2. The lowest BCUT2D eigenvalue weighted by Gasteiger charge is -2.06. The first-order valence-electron chi connectivity index (χ1n) is 7.11. The first-order chi connectivity index (χ1) is 11.3. The van der Waals surface area contributed by atoms with Crippen molar-refractivity contribution in [2.24, 2.45) is 5.73 Å². The zero-order valence-corrected chi connectivity index (χ0v) is 14.8.